The van der Waals surface area contributed by atoms with Gasteiger partial charge in [-0.1, -0.05) is 0 Å². The molecule has 0 aromatic carbocycles. The molecule has 1 aliphatic heterocycles. The highest BCUT2D eigenvalue weighted by Crippen LogP contribution is 2.27. The Kier molecular flexibility index (Phi) is 2.78. The molecule has 0 radical (unpaired) electrons. The summed E-state index contributed by atoms with van der Waals surface area (Å²) in [5, 5.41) is 0. The van der Waals surface area contributed by atoms with E-state index in [-0.39, 0.29) is 6.03 Å². The predicted octanol–water partition coefficient (Wildman–Crippen LogP) is 2.11. The van der Waals surface area contributed by atoms with Crippen LogP contribution in [0.2, 0.25) is 0 Å². The Bertz CT molecular complexity index is 858. The Morgan fingerprint density at radius 1 is 1.18 bits per heavy atom. The molecule has 1 fully saturated rings. The van der Waals surface area contributed by atoms with Gasteiger partial charge in [0.25, 0.3) is 0 Å². The van der Waals surface area contributed by atoms with Gasteiger partial charge < -0.3 is 4.98 Å². The zero-order chi connectivity index (χ0) is 15.1. The third kappa shape index (κ3) is 1.90. The lowest BCUT2D eigenvalue weighted by Gasteiger charge is -2.19. The molecule has 4 rings (SSSR count). The molecule has 7 nitrogen and oxygen atoms in total. The van der Waals surface area contributed by atoms with Crippen LogP contribution >= 0.6 is 0 Å². The number of urea groups is 1. The summed E-state index contributed by atoms with van der Waals surface area (Å²) in [7, 11) is 0. The topological polar surface area (TPSA) is 78.0 Å². The van der Waals surface area contributed by atoms with Crippen molar-refractivity contribution >= 4 is 28.6 Å². The van der Waals surface area contributed by atoms with E-state index in [1.807, 2.05) is 19.1 Å². The van der Waals surface area contributed by atoms with E-state index in [4.69, 9.17) is 0 Å². The highest BCUT2D eigenvalue weighted by atomic mass is 16.2. The largest absolute Gasteiger partial charge is 0.329 e. The van der Waals surface area contributed by atoms with Crippen LogP contribution in [0.5, 0.6) is 0 Å². The zero-order valence-electron chi connectivity index (χ0n) is 12.0. The van der Waals surface area contributed by atoms with Crippen LogP contribution in [0.15, 0.2) is 37.1 Å². The van der Waals surface area contributed by atoms with Gasteiger partial charge in [0, 0.05) is 19.3 Å². The van der Waals surface area contributed by atoms with E-state index in [0.29, 0.717) is 13.1 Å². The van der Waals surface area contributed by atoms with Crippen LogP contribution in [0.3, 0.4) is 0 Å². The number of H-pyrrole nitrogens is 1. The smallest absolute Gasteiger partial charge is 0.329 e. The van der Waals surface area contributed by atoms with Crippen LogP contribution in [0.1, 0.15) is 5.56 Å². The van der Waals surface area contributed by atoms with Crippen molar-refractivity contribution in [2.24, 2.45) is 0 Å². The number of aromatic amines is 1. The van der Waals surface area contributed by atoms with Gasteiger partial charge in [-0.3, -0.25) is 14.8 Å². The molecule has 1 N–H and O–H groups in total. The minimum absolute atomic E-state index is 0.0622. The van der Waals surface area contributed by atoms with Crippen LogP contribution < -0.4 is 9.80 Å². The lowest BCUT2D eigenvalue weighted by molar-refractivity contribution is 0.256. The van der Waals surface area contributed by atoms with Gasteiger partial charge in [0.05, 0.1) is 30.1 Å². The molecule has 0 unspecified atom stereocenters. The first kappa shape index (κ1) is 12.8. The second-order valence-corrected chi connectivity index (χ2v) is 5.21. The lowest BCUT2D eigenvalue weighted by atomic mass is 10.2. The van der Waals surface area contributed by atoms with E-state index in [2.05, 4.69) is 19.9 Å². The predicted molar refractivity (Wildman–Crippen MR) is 83.0 cm³/mol. The van der Waals surface area contributed by atoms with Gasteiger partial charge in [0.15, 0.2) is 5.65 Å². The number of carbonyl (C=O) groups is 1. The van der Waals surface area contributed by atoms with Crippen molar-refractivity contribution in [2.45, 2.75) is 6.92 Å². The number of anilines is 2. The van der Waals surface area contributed by atoms with Crippen LogP contribution in [0.25, 0.3) is 11.2 Å². The molecule has 3 aromatic rings. The van der Waals surface area contributed by atoms with Crippen molar-refractivity contribution in [2.75, 3.05) is 22.9 Å². The molecular weight excluding hydrogens is 280 g/mol. The number of hydrogen-bond acceptors (Lipinski definition) is 4. The van der Waals surface area contributed by atoms with E-state index < -0.39 is 0 Å². The molecule has 0 spiro atoms. The molecule has 0 atom stereocenters. The van der Waals surface area contributed by atoms with Crippen molar-refractivity contribution in [3.63, 3.8) is 0 Å². The van der Waals surface area contributed by atoms with Crippen LogP contribution in [-0.4, -0.2) is 39.1 Å². The summed E-state index contributed by atoms with van der Waals surface area (Å²) in [6, 6.07) is 3.71. The maximum atomic E-state index is 12.7. The van der Waals surface area contributed by atoms with Gasteiger partial charge in [-0.05, 0) is 24.6 Å². The number of aryl methyl sites for hydroxylation is 1. The van der Waals surface area contributed by atoms with Gasteiger partial charge in [0.1, 0.15) is 5.52 Å². The Balaban J connectivity index is 1.67. The molecule has 110 valence electrons. The normalized spacial score (nSPS) is 15.0. The van der Waals surface area contributed by atoms with Crippen molar-refractivity contribution in [3.05, 3.63) is 42.6 Å². The first-order valence-corrected chi connectivity index (χ1v) is 7.03. The fourth-order valence-electron chi connectivity index (χ4n) is 2.70. The third-order valence-electron chi connectivity index (χ3n) is 3.88. The van der Waals surface area contributed by atoms with Crippen molar-refractivity contribution < 1.29 is 4.79 Å². The molecule has 0 bridgehead atoms. The maximum Gasteiger partial charge on any atom is 0.329 e. The average molecular weight is 294 g/mol. The van der Waals surface area contributed by atoms with E-state index in [0.717, 1.165) is 28.1 Å². The number of aromatic nitrogens is 4. The van der Waals surface area contributed by atoms with Gasteiger partial charge in [-0.2, -0.15) is 0 Å². The van der Waals surface area contributed by atoms with Crippen molar-refractivity contribution in [1.29, 1.82) is 0 Å². The van der Waals surface area contributed by atoms with Crippen LogP contribution in [0.4, 0.5) is 16.2 Å². The highest BCUT2D eigenvalue weighted by Gasteiger charge is 2.31. The first-order valence-electron chi connectivity index (χ1n) is 7.03. The number of pyridine rings is 2. The molecule has 1 aliphatic rings. The summed E-state index contributed by atoms with van der Waals surface area (Å²) >= 11 is 0. The molecule has 2 amide bonds. The number of amides is 2. The molecule has 1 saturated heterocycles. The summed E-state index contributed by atoms with van der Waals surface area (Å²) in [6.07, 6.45) is 6.75. The van der Waals surface area contributed by atoms with Crippen molar-refractivity contribution in [3.8, 4) is 0 Å². The number of carbonyl (C=O) groups excluding carboxylic acids is 1. The van der Waals surface area contributed by atoms with E-state index >= 15 is 0 Å². The summed E-state index contributed by atoms with van der Waals surface area (Å²) in [4.78, 5) is 31.7. The average Bonchev–Trinajstić information content (AvgIpc) is 3.13. The molecular formula is C15H14N6O. The summed E-state index contributed by atoms with van der Waals surface area (Å²) < 4.78 is 0. The molecule has 22 heavy (non-hydrogen) atoms. The van der Waals surface area contributed by atoms with E-state index in [1.165, 1.54) is 0 Å². The Labute approximate surface area is 126 Å². The number of rotatable bonds is 2. The maximum absolute atomic E-state index is 12.7. The second-order valence-electron chi connectivity index (χ2n) is 5.21. The molecule has 3 aromatic heterocycles. The third-order valence-corrected chi connectivity index (χ3v) is 3.88. The fourth-order valence-corrected chi connectivity index (χ4v) is 2.70. The SMILES string of the molecule is Cc1ccncc1N1CCN(c2cnc3[nH]cnc3c2)C1=O. The number of fused-ring (bicyclic) bond motifs is 1. The monoisotopic (exact) mass is 294 g/mol. The van der Waals surface area contributed by atoms with Gasteiger partial charge >= 0.3 is 6.03 Å². The summed E-state index contributed by atoms with van der Waals surface area (Å²) in [5.74, 6) is 0. The zero-order valence-corrected chi connectivity index (χ0v) is 12.0. The molecule has 4 heterocycles. The number of imidazole rings is 1. The van der Waals surface area contributed by atoms with Crippen molar-refractivity contribution in [1.82, 2.24) is 19.9 Å². The summed E-state index contributed by atoms with van der Waals surface area (Å²) in [5.41, 5.74) is 4.11. The van der Waals surface area contributed by atoms with Gasteiger partial charge in [-0.25, -0.2) is 14.8 Å². The van der Waals surface area contributed by atoms with Gasteiger partial charge in [-0.15, -0.1) is 0 Å². The van der Waals surface area contributed by atoms with Gasteiger partial charge in [0.2, 0.25) is 0 Å². The number of nitrogens with zero attached hydrogens (tertiary/aromatic N) is 5. The molecule has 0 aliphatic carbocycles. The molecule has 7 heteroatoms. The number of nitrogens with one attached hydrogen (secondary N) is 1. The summed E-state index contributed by atoms with van der Waals surface area (Å²) in [6.45, 7) is 3.22. The first-order chi connectivity index (χ1) is 10.7. The lowest BCUT2D eigenvalue weighted by Crippen LogP contribution is -2.32. The highest BCUT2D eigenvalue weighted by molar-refractivity contribution is 6.06. The Morgan fingerprint density at radius 2 is 2.05 bits per heavy atom. The quantitative estimate of drug-likeness (QED) is 0.785. The second kappa shape index (κ2) is 4.80. The molecule has 0 saturated carbocycles. The van der Waals surface area contributed by atoms with E-state index in [1.54, 1.807) is 34.7 Å². The fraction of sp³-hybridized carbons (Fsp3) is 0.200. The Morgan fingerprint density at radius 3 is 2.91 bits per heavy atom. The van der Waals surface area contributed by atoms with Crippen LogP contribution in [0, 0.1) is 6.92 Å². The van der Waals surface area contributed by atoms with Crippen LogP contribution in [-0.2, 0) is 0 Å². The number of hydrogen-bond donors (Lipinski definition) is 1. The standard InChI is InChI=1S/C15H14N6O/c1-10-2-3-16-8-13(10)21-5-4-20(15(21)22)11-6-12-14(17-7-11)19-9-18-12/h2-3,6-9H,4-5H2,1H3,(H,17,18,19). The Hall–Kier alpha value is -2.96. The van der Waals surface area contributed by atoms with E-state index in [9.17, 15) is 4.79 Å². The minimum atomic E-state index is -0.0622. The minimum Gasteiger partial charge on any atom is -0.329 e.